The van der Waals surface area contributed by atoms with E-state index in [0.717, 1.165) is 3.67 Å². The van der Waals surface area contributed by atoms with Gasteiger partial charge >= 0.3 is 132 Å². The Morgan fingerprint density at radius 3 is 2.73 bits per heavy atom. The zero-order valence-electron chi connectivity index (χ0n) is 11.9. The summed E-state index contributed by atoms with van der Waals surface area (Å²) in [5, 5.41) is 5.27. The molecule has 112 valence electrons. The molecule has 0 fully saturated rings. The van der Waals surface area contributed by atoms with Gasteiger partial charge in [0.25, 0.3) is 0 Å². The molecular weight excluding hydrogens is 499 g/mol. The molecule has 1 aromatic carbocycles. The van der Waals surface area contributed by atoms with Crippen LogP contribution in [0.15, 0.2) is 63.4 Å². The Hall–Kier alpha value is -0.270. The van der Waals surface area contributed by atoms with Gasteiger partial charge in [-0.2, -0.15) is 0 Å². The maximum Gasteiger partial charge on any atom is -1.00 e. The summed E-state index contributed by atoms with van der Waals surface area (Å²) >= 11 is -0.827. The van der Waals surface area contributed by atoms with Crippen molar-refractivity contribution in [3.05, 3.63) is 74.5 Å². The summed E-state index contributed by atoms with van der Waals surface area (Å²) in [6.07, 6.45) is 14.9. The standard InChI is InChI=1S/C12H11NP.C5H5.2ClH.Hf/c1-2-5-11-9-12(8-10(11)4-1)14-7-3-6-13-14;1-2-4-5-3-1;;;/h1-9,13-14H;1-3H,4H2;2*1H;/q;;;;+2/p-2. The van der Waals surface area contributed by atoms with Crippen molar-refractivity contribution in [3.63, 3.8) is 0 Å². The normalized spacial score (nSPS) is 23.3. The van der Waals surface area contributed by atoms with Gasteiger partial charge in [-0.3, -0.25) is 0 Å². The Morgan fingerprint density at radius 1 is 1.14 bits per heavy atom. The van der Waals surface area contributed by atoms with E-state index in [1.165, 1.54) is 12.0 Å². The zero-order valence-corrected chi connectivity index (χ0v) is 18.0. The molecule has 0 spiro atoms. The molecule has 0 radical (unpaired) electrons. The number of hydrogen-bond donors (Lipinski definition) is 1. The van der Waals surface area contributed by atoms with Crippen LogP contribution < -0.4 is 29.9 Å². The van der Waals surface area contributed by atoms with Gasteiger partial charge < -0.3 is 24.8 Å². The van der Waals surface area contributed by atoms with Crippen molar-refractivity contribution in [1.82, 2.24) is 5.09 Å². The number of rotatable bonds is 3. The van der Waals surface area contributed by atoms with Crippen LogP contribution in [0.5, 0.6) is 0 Å². The summed E-state index contributed by atoms with van der Waals surface area (Å²) in [4.78, 5) is 0. The van der Waals surface area contributed by atoms with Crippen molar-refractivity contribution in [3.8, 4) is 0 Å². The number of allylic oxidation sites excluding steroid dienone is 6. The van der Waals surface area contributed by atoms with Crippen LogP contribution in [0.3, 0.4) is 0 Å². The third-order valence-electron chi connectivity index (χ3n) is 3.94. The summed E-state index contributed by atoms with van der Waals surface area (Å²) in [6, 6.07) is 9.00. The molecule has 3 aliphatic rings. The van der Waals surface area contributed by atoms with Crippen molar-refractivity contribution >= 4 is 19.6 Å². The van der Waals surface area contributed by atoms with Crippen LogP contribution in [0.4, 0.5) is 0 Å². The van der Waals surface area contributed by atoms with Crippen LogP contribution in [-0.4, -0.2) is 5.80 Å². The predicted molar refractivity (Wildman–Crippen MR) is 85.7 cm³/mol. The third-order valence-corrected chi connectivity index (χ3v) is 13.0. The molecule has 0 amide bonds. The molecule has 1 heterocycles. The average molecular weight is 515 g/mol. The Labute approximate surface area is 156 Å². The number of benzene rings is 1. The first-order valence-corrected chi connectivity index (χ1v) is 12.4. The van der Waals surface area contributed by atoms with E-state index in [9.17, 15) is 0 Å². The van der Waals surface area contributed by atoms with Gasteiger partial charge in [-0.1, -0.05) is 0 Å². The minimum atomic E-state index is -0.827. The fourth-order valence-electron chi connectivity index (χ4n) is 2.96. The molecule has 0 saturated carbocycles. The van der Waals surface area contributed by atoms with Crippen molar-refractivity contribution in [1.29, 1.82) is 0 Å². The van der Waals surface area contributed by atoms with Crippen LogP contribution in [0, 0.1) is 0 Å². The van der Waals surface area contributed by atoms with Crippen molar-refractivity contribution in [2.24, 2.45) is 0 Å². The van der Waals surface area contributed by atoms with Gasteiger partial charge in [-0.15, -0.1) is 0 Å². The number of nitrogens with one attached hydrogen (secondary N) is 1. The molecule has 0 saturated heterocycles. The van der Waals surface area contributed by atoms with Gasteiger partial charge in [0.1, 0.15) is 0 Å². The Bertz CT molecular complexity index is 719. The summed E-state index contributed by atoms with van der Waals surface area (Å²) < 4.78 is 2.51. The average Bonchev–Trinajstić information content (AvgIpc) is 3.19. The zero-order chi connectivity index (χ0) is 13.4. The van der Waals surface area contributed by atoms with E-state index in [1.807, 2.05) is 0 Å². The fraction of sp³-hybridized carbons (Fsp3) is 0.118. The van der Waals surface area contributed by atoms with E-state index in [1.54, 1.807) is 14.2 Å². The minimum absolute atomic E-state index is 0. The molecular formula is C17H16Cl2HfNP. The van der Waals surface area contributed by atoms with Crippen molar-refractivity contribution < 1.29 is 47.7 Å². The Balaban J connectivity index is 0.000000882. The first-order chi connectivity index (χ1) is 9.92. The van der Waals surface area contributed by atoms with Crippen LogP contribution >= 0.6 is 7.70 Å². The Morgan fingerprint density at radius 2 is 2.00 bits per heavy atom. The predicted octanol–water partition coefficient (Wildman–Crippen LogP) is -1.94. The maximum absolute atomic E-state index is 3.58. The summed E-state index contributed by atoms with van der Waals surface area (Å²) in [6.45, 7) is 0. The molecule has 0 aromatic heterocycles. The van der Waals surface area contributed by atoms with Gasteiger partial charge in [-0.05, 0) is 0 Å². The first-order valence-electron chi connectivity index (χ1n) is 6.98. The summed E-state index contributed by atoms with van der Waals surface area (Å²) in [5.41, 5.74) is 3.06. The summed E-state index contributed by atoms with van der Waals surface area (Å²) in [5.74, 6) is 2.39. The molecule has 2 aliphatic carbocycles. The molecule has 1 nitrogen and oxygen atoms in total. The molecule has 22 heavy (non-hydrogen) atoms. The largest absolute Gasteiger partial charge is 1.00 e. The van der Waals surface area contributed by atoms with Gasteiger partial charge in [0, 0.05) is 0 Å². The second-order valence-electron chi connectivity index (χ2n) is 5.21. The van der Waals surface area contributed by atoms with E-state index in [0.29, 0.717) is 0 Å². The number of hydrogen-bond acceptors (Lipinski definition) is 1. The Kier molecular flexibility index (Phi) is 6.59. The smallest absolute Gasteiger partial charge is 1.00 e. The van der Waals surface area contributed by atoms with Crippen molar-refractivity contribution in [2.45, 2.75) is 10.1 Å². The molecule has 2 unspecified atom stereocenters. The maximum atomic E-state index is 3.58. The van der Waals surface area contributed by atoms with Gasteiger partial charge in [-0.25, -0.2) is 0 Å². The third kappa shape index (κ3) is 3.46. The van der Waals surface area contributed by atoms with Crippen LogP contribution in [0.1, 0.15) is 21.2 Å². The van der Waals surface area contributed by atoms with E-state index in [-0.39, 0.29) is 24.8 Å². The van der Waals surface area contributed by atoms with Crippen LogP contribution in [0.2, 0.25) is 0 Å². The molecule has 4 rings (SSSR count). The number of halogens is 2. The van der Waals surface area contributed by atoms with Crippen LogP contribution in [-0.2, 0) is 22.9 Å². The molecule has 2 atom stereocenters. The quantitative estimate of drug-likeness (QED) is 0.366. The molecule has 0 bridgehead atoms. The fourth-order valence-corrected chi connectivity index (χ4v) is 12.3. The monoisotopic (exact) mass is 515 g/mol. The van der Waals surface area contributed by atoms with Gasteiger partial charge in [0.2, 0.25) is 0 Å². The van der Waals surface area contributed by atoms with Gasteiger partial charge in [0.05, 0.1) is 0 Å². The second-order valence-corrected chi connectivity index (χ2v) is 12.7. The topological polar surface area (TPSA) is 12.0 Å². The summed E-state index contributed by atoms with van der Waals surface area (Å²) in [7, 11) is -0.669. The minimum Gasteiger partial charge on any atom is -1.00 e. The second kappa shape index (κ2) is 8.02. The molecule has 5 heteroatoms. The van der Waals surface area contributed by atoms with E-state index in [2.05, 4.69) is 71.7 Å². The first kappa shape index (κ1) is 18.1. The molecule has 1 N–H and O–H groups in total. The molecule has 1 aliphatic heterocycles. The van der Waals surface area contributed by atoms with Gasteiger partial charge in [0.15, 0.2) is 0 Å². The number of fused-ring (bicyclic) bond motifs is 1. The van der Waals surface area contributed by atoms with Crippen LogP contribution in [0.25, 0.3) is 6.08 Å². The van der Waals surface area contributed by atoms with Crippen molar-refractivity contribution in [2.75, 3.05) is 0 Å². The van der Waals surface area contributed by atoms with E-state index < -0.39 is 30.6 Å². The van der Waals surface area contributed by atoms with E-state index >= 15 is 0 Å². The van der Waals surface area contributed by atoms with E-state index in [4.69, 9.17) is 0 Å². The molecule has 1 aromatic rings. The SMILES string of the molecule is C1=CC[C]([Hf+2][CH]2C([PH]3=CC=CN3)=Cc3ccccc32)=C1.[Cl-].[Cl-].